The molecule has 0 radical (unpaired) electrons. The number of halogens is 1. The van der Waals surface area contributed by atoms with Crippen molar-refractivity contribution in [3.8, 4) is 0 Å². The van der Waals surface area contributed by atoms with Gasteiger partial charge in [0.2, 0.25) is 0 Å². The van der Waals surface area contributed by atoms with E-state index in [0.717, 1.165) is 23.3 Å². The van der Waals surface area contributed by atoms with Crippen LogP contribution >= 0.6 is 22.9 Å². The van der Waals surface area contributed by atoms with Crippen molar-refractivity contribution in [2.45, 2.75) is 56.8 Å². The van der Waals surface area contributed by atoms with Gasteiger partial charge in [0.15, 0.2) is 0 Å². The summed E-state index contributed by atoms with van der Waals surface area (Å²) in [6.07, 6.45) is 3.44. The summed E-state index contributed by atoms with van der Waals surface area (Å²) in [6, 6.07) is 10.7. The standard InChI is InChI=1S/C16H19ClN2O3S2.C7H15N/c1-3-10-19(2)24(21,22)15-9-8-14(23-15)11-18-16(20)12-4-6-13(17)7-5-12;1-3-4-7-6(2)5-8-7/h4-9H,3,10-11H2,1-2H3,(H,18,20);6-8H,3-5H2,1-2H3. The molecule has 2 N–H and O–H groups in total. The van der Waals surface area contributed by atoms with Crippen LogP contribution in [-0.4, -0.2) is 44.8 Å². The fourth-order valence-corrected chi connectivity index (χ4v) is 6.16. The van der Waals surface area contributed by atoms with Crippen LogP contribution in [0.15, 0.2) is 40.6 Å². The molecule has 0 saturated carbocycles. The van der Waals surface area contributed by atoms with Crippen LogP contribution in [0.3, 0.4) is 0 Å². The summed E-state index contributed by atoms with van der Waals surface area (Å²) in [4.78, 5) is 12.8. The molecular formula is C23H34ClN3O3S2. The van der Waals surface area contributed by atoms with Gasteiger partial charge in [0, 0.05) is 35.1 Å². The van der Waals surface area contributed by atoms with Gasteiger partial charge in [0.1, 0.15) is 4.21 Å². The molecule has 9 heteroatoms. The highest BCUT2D eigenvalue weighted by Crippen LogP contribution is 2.24. The van der Waals surface area contributed by atoms with Crippen molar-refractivity contribution >= 4 is 38.9 Å². The van der Waals surface area contributed by atoms with Gasteiger partial charge in [0.25, 0.3) is 15.9 Å². The maximum atomic E-state index is 12.4. The van der Waals surface area contributed by atoms with E-state index in [1.165, 1.54) is 35.0 Å². The van der Waals surface area contributed by atoms with Gasteiger partial charge >= 0.3 is 0 Å². The number of thiophene rings is 1. The Morgan fingerprint density at radius 3 is 2.38 bits per heavy atom. The normalized spacial score (nSPS) is 17.9. The zero-order chi connectivity index (χ0) is 23.7. The number of carbonyl (C=O) groups is 1. The van der Waals surface area contributed by atoms with Crippen LogP contribution in [0, 0.1) is 5.92 Å². The van der Waals surface area contributed by atoms with Crippen molar-refractivity contribution in [2.24, 2.45) is 5.92 Å². The maximum Gasteiger partial charge on any atom is 0.252 e. The molecule has 1 aromatic carbocycles. The van der Waals surface area contributed by atoms with Crippen molar-refractivity contribution in [2.75, 3.05) is 20.1 Å². The Morgan fingerprint density at radius 1 is 1.19 bits per heavy atom. The molecule has 1 aliphatic rings. The molecular weight excluding hydrogens is 466 g/mol. The SMILES string of the molecule is CCCC1NCC1C.CCCN(C)S(=O)(=O)c1ccc(CNC(=O)c2ccc(Cl)cc2)s1. The van der Waals surface area contributed by atoms with Gasteiger partial charge in [-0.2, -0.15) is 0 Å². The lowest BCUT2D eigenvalue weighted by molar-refractivity contribution is 0.0951. The Labute approximate surface area is 201 Å². The highest BCUT2D eigenvalue weighted by molar-refractivity contribution is 7.91. The fraction of sp³-hybridized carbons (Fsp3) is 0.522. The molecule has 32 heavy (non-hydrogen) atoms. The third-order valence-electron chi connectivity index (χ3n) is 5.36. The van der Waals surface area contributed by atoms with Gasteiger partial charge < -0.3 is 10.6 Å². The van der Waals surface area contributed by atoms with E-state index in [0.29, 0.717) is 17.1 Å². The Balaban J connectivity index is 0.000000380. The number of nitrogens with zero attached hydrogens (tertiary/aromatic N) is 1. The average molecular weight is 500 g/mol. The minimum absolute atomic E-state index is 0.229. The van der Waals surface area contributed by atoms with E-state index >= 15 is 0 Å². The smallest absolute Gasteiger partial charge is 0.252 e. The van der Waals surface area contributed by atoms with Crippen molar-refractivity contribution < 1.29 is 13.2 Å². The van der Waals surface area contributed by atoms with Crippen molar-refractivity contribution in [1.82, 2.24) is 14.9 Å². The van der Waals surface area contributed by atoms with Crippen molar-refractivity contribution in [1.29, 1.82) is 0 Å². The van der Waals surface area contributed by atoms with Crippen LogP contribution in [0.1, 0.15) is 55.3 Å². The quantitative estimate of drug-likeness (QED) is 0.521. The molecule has 1 saturated heterocycles. The van der Waals surface area contributed by atoms with E-state index in [1.807, 2.05) is 6.92 Å². The molecule has 2 heterocycles. The van der Waals surface area contributed by atoms with Crippen LogP contribution in [0.2, 0.25) is 5.02 Å². The Kier molecular flexibility index (Phi) is 10.6. The van der Waals surface area contributed by atoms with Crippen LogP contribution in [0.4, 0.5) is 0 Å². The fourth-order valence-electron chi connectivity index (χ4n) is 3.27. The lowest BCUT2D eigenvalue weighted by Crippen LogP contribution is -2.51. The van der Waals surface area contributed by atoms with Crippen LogP contribution < -0.4 is 10.6 Å². The first-order valence-corrected chi connectivity index (χ1v) is 13.6. The lowest BCUT2D eigenvalue weighted by Gasteiger charge is -2.35. The first-order chi connectivity index (χ1) is 15.2. The van der Waals surface area contributed by atoms with E-state index < -0.39 is 10.0 Å². The number of sulfonamides is 1. The number of rotatable bonds is 9. The van der Waals surface area contributed by atoms with E-state index in [4.69, 9.17) is 11.6 Å². The zero-order valence-corrected chi connectivity index (χ0v) is 21.6. The Hall–Kier alpha value is -1.45. The highest BCUT2D eigenvalue weighted by Gasteiger charge is 2.24. The van der Waals surface area contributed by atoms with E-state index in [1.54, 1.807) is 43.4 Å². The van der Waals surface area contributed by atoms with Crippen molar-refractivity contribution in [3.63, 3.8) is 0 Å². The van der Waals surface area contributed by atoms with Gasteiger partial charge in [-0.15, -0.1) is 11.3 Å². The van der Waals surface area contributed by atoms with Crippen molar-refractivity contribution in [3.05, 3.63) is 51.9 Å². The number of hydrogen-bond acceptors (Lipinski definition) is 5. The summed E-state index contributed by atoms with van der Waals surface area (Å²) in [5.74, 6) is 0.711. The lowest BCUT2D eigenvalue weighted by atomic mass is 9.90. The molecule has 1 aliphatic heterocycles. The predicted molar refractivity (Wildman–Crippen MR) is 133 cm³/mol. The zero-order valence-electron chi connectivity index (χ0n) is 19.2. The summed E-state index contributed by atoms with van der Waals surface area (Å²) in [5, 5.41) is 6.74. The summed E-state index contributed by atoms with van der Waals surface area (Å²) >= 11 is 6.96. The monoisotopic (exact) mass is 499 g/mol. The second-order valence-corrected chi connectivity index (χ2v) is 11.9. The number of carbonyl (C=O) groups excluding carboxylic acids is 1. The molecule has 2 aromatic rings. The number of amides is 1. The third-order valence-corrected chi connectivity index (χ3v) is 9.02. The molecule has 1 amide bonds. The second-order valence-electron chi connectivity index (χ2n) is 8.02. The Bertz CT molecular complexity index is 961. The van der Waals surface area contributed by atoms with Gasteiger partial charge in [-0.05, 0) is 61.7 Å². The van der Waals surface area contributed by atoms with Gasteiger partial charge in [-0.3, -0.25) is 4.79 Å². The molecule has 178 valence electrons. The van der Waals surface area contributed by atoms with Gasteiger partial charge in [-0.25, -0.2) is 12.7 Å². The molecule has 1 aromatic heterocycles. The molecule has 6 nitrogen and oxygen atoms in total. The molecule has 0 bridgehead atoms. The average Bonchev–Trinajstić information content (AvgIpc) is 3.26. The summed E-state index contributed by atoms with van der Waals surface area (Å²) in [5.41, 5.74) is 0.506. The first kappa shape index (κ1) is 26.8. The van der Waals surface area contributed by atoms with Gasteiger partial charge in [-0.1, -0.05) is 38.8 Å². The number of nitrogens with one attached hydrogen (secondary N) is 2. The minimum Gasteiger partial charge on any atom is -0.347 e. The minimum atomic E-state index is -3.45. The largest absolute Gasteiger partial charge is 0.347 e. The number of benzene rings is 1. The van der Waals surface area contributed by atoms with E-state index in [2.05, 4.69) is 24.5 Å². The molecule has 2 unspecified atom stereocenters. The van der Waals surface area contributed by atoms with E-state index in [-0.39, 0.29) is 16.7 Å². The molecule has 0 aliphatic carbocycles. The highest BCUT2D eigenvalue weighted by atomic mass is 35.5. The van der Waals surface area contributed by atoms with Gasteiger partial charge in [0.05, 0.1) is 6.54 Å². The molecule has 1 fully saturated rings. The Morgan fingerprint density at radius 2 is 1.88 bits per heavy atom. The second kappa shape index (κ2) is 12.7. The van der Waals surface area contributed by atoms with Crippen LogP contribution in [0.25, 0.3) is 0 Å². The third kappa shape index (κ3) is 7.56. The van der Waals surface area contributed by atoms with Crippen LogP contribution in [0.5, 0.6) is 0 Å². The molecule has 0 spiro atoms. The predicted octanol–water partition coefficient (Wildman–Crippen LogP) is 4.76. The number of hydrogen-bond donors (Lipinski definition) is 2. The molecule has 2 atom stereocenters. The molecule has 3 rings (SSSR count). The summed E-state index contributed by atoms with van der Waals surface area (Å²) in [6.45, 7) is 8.48. The maximum absolute atomic E-state index is 12.4. The first-order valence-electron chi connectivity index (χ1n) is 11.0. The van der Waals surface area contributed by atoms with E-state index in [9.17, 15) is 13.2 Å². The summed E-state index contributed by atoms with van der Waals surface area (Å²) in [7, 11) is -1.88. The topological polar surface area (TPSA) is 78.5 Å². The van der Waals surface area contributed by atoms with Crippen LogP contribution in [-0.2, 0) is 16.6 Å². The summed E-state index contributed by atoms with van der Waals surface area (Å²) < 4.78 is 26.4.